The Labute approximate surface area is 127 Å². The Morgan fingerprint density at radius 1 is 1.19 bits per heavy atom. The summed E-state index contributed by atoms with van der Waals surface area (Å²) in [5.41, 5.74) is 1.44. The fourth-order valence-corrected chi connectivity index (χ4v) is 3.31. The zero-order chi connectivity index (χ0) is 14.5. The number of ether oxygens (including phenoxy) is 1. The van der Waals surface area contributed by atoms with Crippen LogP contribution in [0.1, 0.15) is 31.2 Å². The number of aliphatic hydroxyl groups is 1. The summed E-state index contributed by atoms with van der Waals surface area (Å²) in [6, 6.07) is 11.3. The van der Waals surface area contributed by atoms with Crippen molar-refractivity contribution in [2.45, 2.75) is 38.1 Å². The summed E-state index contributed by atoms with van der Waals surface area (Å²) in [5.74, 6) is 0.820. The SMILES string of the molecule is OCC1(CNC(Cc2ccccc2)C2CC2)CCOCC1. The fraction of sp³-hybridized carbons (Fsp3) is 0.667. The third-order valence-electron chi connectivity index (χ3n) is 5.12. The molecule has 1 aromatic carbocycles. The highest BCUT2D eigenvalue weighted by molar-refractivity contribution is 5.16. The van der Waals surface area contributed by atoms with Gasteiger partial charge in [-0.25, -0.2) is 0 Å². The summed E-state index contributed by atoms with van der Waals surface area (Å²) in [5, 5.41) is 13.6. The molecule has 1 aromatic rings. The lowest BCUT2D eigenvalue weighted by molar-refractivity contribution is -0.0168. The molecular weight excluding hydrogens is 262 g/mol. The maximum absolute atomic E-state index is 9.80. The lowest BCUT2D eigenvalue weighted by Crippen LogP contribution is -2.46. The Bertz CT molecular complexity index is 424. The molecule has 1 heterocycles. The van der Waals surface area contributed by atoms with Crippen molar-refractivity contribution in [2.75, 3.05) is 26.4 Å². The van der Waals surface area contributed by atoms with Crippen molar-refractivity contribution in [1.82, 2.24) is 5.32 Å². The molecule has 2 aliphatic rings. The van der Waals surface area contributed by atoms with Gasteiger partial charge < -0.3 is 15.2 Å². The monoisotopic (exact) mass is 289 g/mol. The molecule has 1 aliphatic heterocycles. The molecule has 0 bridgehead atoms. The molecule has 1 atom stereocenters. The van der Waals surface area contributed by atoms with E-state index in [1.807, 2.05) is 0 Å². The van der Waals surface area contributed by atoms with Gasteiger partial charge in [0, 0.05) is 31.2 Å². The van der Waals surface area contributed by atoms with E-state index in [0.29, 0.717) is 6.04 Å². The third-order valence-corrected chi connectivity index (χ3v) is 5.12. The first-order valence-corrected chi connectivity index (χ1v) is 8.27. The van der Waals surface area contributed by atoms with Gasteiger partial charge in [-0.3, -0.25) is 0 Å². The molecule has 116 valence electrons. The maximum Gasteiger partial charge on any atom is 0.0501 e. The van der Waals surface area contributed by atoms with Crippen LogP contribution < -0.4 is 5.32 Å². The van der Waals surface area contributed by atoms with Crippen molar-refractivity contribution < 1.29 is 9.84 Å². The van der Waals surface area contributed by atoms with Gasteiger partial charge in [0.15, 0.2) is 0 Å². The Kier molecular flexibility index (Phi) is 4.94. The van der Waals surface area contributed by atoms with Gasteiger partial charge in [-0.2, -0.15) is 0 Å². The molecule has 1 aliphatic carbocycles. The molecule has 2 fully saturated rings. The molecule has 0 spiro atoms. The number of rotatable bonds is 7. The highest BCUT2D eigenvalue weighted by Gasteiger charge is 2.36. The normalized spacial score (nSPS) is 22.9. The van der Waals surface area contributed by atoms with Crippen LogP contribution in [-0.4, -0.2) is 37.5 Å². The van der Waals surface area contributed by atoms with Gasteiger partial charge in [0.1, 0.15) is 0 Å². The van der Waals surface area contributed by atoms with E-state index < -0.39 is 0 Å². The highest BCUT2D eigenvalue weighted by Crippen LogP contribution is 2.35. The van der Waals surface area contributed by atoms with E-state index in [0.717, 1.165) is 44.9 Å². The van der Waals surface area contributed by atoms with Crippen LogP contribution >= 0.6 is 0 Å². The van der Waals surface area contributed by atoms with E-state index >= 15 is 0 Å². The minimum Gasteiger partial charge on any atom is -0.396 e. The second-order valence-electron chi connectivity index (χ2n) is 6.79. The van der Waals surface area contributed by atoms with Crippen LogP contribution in [-0.2, 0) is 11.2 Å². The fourth-order valence-electron chi connectivity index (χ4n) is 3.31. The number of hydrogen-bond donors (Lipinski definition) is 2. The predicted molar refractivity (Wildman–Crippen MR) is 84.2 cm³/mol. The molecule has 21 heavy (non-hydrogen) atoms. The molecule has 1 unspecified atom stereocenters. The van der Waals surface area contributed by atoms with Crippen LogP contribution in [0, 0.1) is 11.3 Å². The summed E-state index contributed by atoms with van der Waals surface area (Å²) in [4.78, 5) is 0. The van der Waals surface area contributed by atoms with Crippen molar-refractivity contribution in [2.24, 2.45) is 11.3 Å². The molecule has 3 heteroatoms. The largest absolute Gasteiger partial charge is 0.396 e. The van der Waals surface area contributed by atoms with Crippen molar-refractivity contribution in [3.8, 4) is 0 Å². The maximum atomic E-state index is 9.80. The molecule has 1 saturated heterocycles. The summed E-state index contributed by atoms with van der Waals surface area (Å²) in [6.45, 7) is 2.76. The van der Waals surface area contributed by atoms with E-state index in [2.05, 4.69) is 35.6 Å². The second kappa shape index (κ2) is 6.91. The quantitative estimate of drug-likeness (QED) is 0.810. The Morgan fingerprint density at radius 2 is 1.90 bits per heavy atom. The van der Waals surface area contributed by atoms with Gasteiger partial charge >= 0.3 is 0 Å². The first kappa shape index (κ1) is 15.0. The van der Waals surface area contributed by atoms with Gasteiger partial charge in [-0.1, -0.05) is 30.3 Å². The van der Waals surface area contributed by atoms with E-state index in [9.17, 15) is 5.11 Å². The van der Waals surface area contributed by atoms with Crippen molar-refractivity contribution >= 4 is 0 Å². The first-order valence-electron chi connectivity index (χ1n) is 8.27. The lowest BCUT2D eigenvalue weighted by atomic mass is 9.80. The topological polar surface area (TPSA) is 41.5 Å². The molecule has 0 radical (unpaired) electrons. The average Bonchev–Trinajstić information content (AvgIpc) is 3.38. The highest BCUT2D eigenvalue weighted by atomic mass is 16.5. The molecule has 3 nitrogen and oxygen atoms in total. The first-order chi connectivity index (χ1) is 10.3. The van der Waals surface area contributed by atoms with Crippen molar-refractivity contribution in [3.63, 3.8) is 0 Å². The molecular formula is C18H27NO2. The number of hydrogen-bond acceptors (Lipinski definition) is 3. The average molecular weight is 289 g/mol. The standard InChI is InChI=1S/C18H27NO2/c20-14-18(8-10-21-11-9-18)13-19-17(16-6-7-16)12-15-4-2-1-3-5-15/h1-5,16-17,19-20H,6-14H2. The van der Waals surface area contributed by atoms with E-state index in [-0.39, 0.29) is 12.0 Å². The van der Waals surface area contributed by atoms with Crippen LogP contribution in [0.2, 0.25) is 0 Å². The van der Waals surface area contributed by atoms with Crippen LogP contribution in [0.15, 0.2) is 30.3 Å². The molecule has 2 N–H and O–H groups in total. The van der Waals surface area contributed by atoms with Gasteiger partial charge in [0.05, 0.1) is 6.61 Å². The summed E-state index contributed by atoms with van der Waals surface area (Å²) >= 11 is 0. The van der Waals surface area contributed by atoms with Crippen LogP contribution in [0.5, 0.6) is 0 Å². The van der Waals surface area contributed by atoms with Gasteiger partial charge in [-0.15, -0.1) is 0 Å². The van der Waals surface area contributed by atoms with Gasteiger partial charge in [-0.05, 0) is 43.6 Å². The third kappa shape index (κ3) is 4.06. The molecule has 3 rings (SSSR count). The van der Waals surface area contributed by atoms with Crippen LogP contribution in [0.4, 0.5) is 0 Å². The van der Waals surface area contributed by atoms with E-state index in [4.69, 9.17) is 4.74 Å². The molecule has 0 amide bonds. The number of benzene rings is 1. The van der Waals surface area contributed by atoms with Crippen molar-refractivity contribution in [3.05, 3.63) is 35.9 Å². The molecule has 1 saturated carbocycles. The predicted octanol–water partition coefficient (Wildman–Crippen LogP) is 2.39. The summed E-state index contributed by atoms with van der Waals surface area (Å²) in [6.07, 6.45) is 5.74. The minimum absolute atomic E-state index is 0.0298. The zero-order valence-electron chi connectivity index (χ0n) is 12.8. The van der Waals surface area contributed by atoms with E-state index in [1.165, 1.54) is 18.4 Å². The van der Waals surface area contributed by atoms with Crippen LogP contribution in [0.25, 0.3) is 0 Å². The lowest BCUT2D eigenvalue weighted by Gasteiger charge is -2.37. The van der Waals surface area contributed by atoms with Crippen LogP contribution in [0.3, 0.4) is 0 Å². The number of nitrogens with one attached hydrogen (secondary N) is 1. The number of aliphatic hydroxyl groups excluding tert-OH is 1. The summed E-state index contributed by atoms with van der Waals surface area (Å²) in [7, 11) is 0. The van der Waals surface area contributed by atoms with Gasteiger partial charge in [0.25, 0.3) is 0 Å². The smallest absolute Gasteiger partial charge is 0.0501 e. The second-order valence-corrected chi connectivity index (χ2v) is 6.79. The van der Waals surface area contributed by atoms with E-state index in [1.54, 1.807) is 0 Å². The summed E-state index contributed by atoms with van der Waals surface area (Å²) < 4.78 is 5.45. The van der Waals surface area contributed by atoms with Crippen molar-refractivity contribution in [1.29, 1.82) is 0 Å². The Hall–Kier alpha value is -0.900. The Balaban J connectivity index is 1.57. The minimum atomic E-state index is 0.0298. The molecule has 0 aromatic heterocycles. The van der Waals surface area contributed by atoms with Gasteiger partial charge in [0.2, 0.25) is 0 Å². The zero-order valence-corrected chi connectivity index (χ0v) is 12.8. The Morgan fingerprint density at radius 3 is 2.52 bits per heavy atom.